The Balaban J connectivity index is 2.01. The quantitative estimate of drug-likeness (QED) is 0.209. The van der Waals surface area contributed by atoms with Gasteiger partial charge < -0.3 is 30.3 Å². The molecular weight excluding hydrogens is 502 g/mol. The zero-order chi connectivity index (χ0) is 27.8. The Bertz CT molecular complexity index is 1290. The third-order valence-corrected chi connectivity index (χ3v) is 7.05. The molecule has 2 aromatic heterocycles. The van der Waals surface area contributed by atoms with E-state index in [4.69, 9.17) is 14.5 Å². The van der Waals surface area contributed by atoms with Crippen molar-refractivity contribution in [1.82, 2.24) is 15.0 Å². The summed E-state index contributed by atoms with van der Waals surface area (Å²) < 4.78 is 10.7. The van der Waals surface area contributed by atoms with Gasteiger partial charge in [0.15, 0.2) is 17.7 Å². The third-order valence-electron chi connectivity index (χ3n) is 5.80. The molecule has 0 aliphatic heterocycles. The van der Waals surface area contributed by atoms with E-state index in [1.807, 2.05) is 58.0 Å². The lowest BCUT2D eigenvalue weighted by Gasteiger charge is -2.21. The van der Waals surface area contributed by atoms with Crippen LogP contribution in [0.4, 0.5) is 11.8 Å². The number of aromatic nitrogens is 3. The molecule has 0 saturated carbocycles. The maximum absolute atomic E-state index is 10.7. The summed E-state index contributed by atoms with van der Waals surface area (Å²) in [4.78, 5) is 15.1. The summed E-state index contributed by atoms with van der Waals surface area (Å²) in [7, 11) is 3.19. The number of benzene rings is 1. The summed E-state index contributed by atoms with van der Waals surface area (Å²) in [5.74, 6) is 2.02. The number of aryl methyl sites for hydroxylation is 1. The second kappa shape index (κ2) is 13.4. The summed E-state index contributed by atoms with van der Waals surface area (Å²) in [5, 5.41) is 28.0. The number of nitrogens with zero attached hydrogens (tertiary/aromatic N) is 3. The molecule has 0 spiro atoms. The first-order valence-corrected chi connectivity index (χ1v) is 13.3. The molecule has 38 heavy (non-hydrogen) atoms. The number of rotatable bonds is 13. The number of aliphatic hydroxyl groups is 2. The number of hydrogen-bond donors (Lipinski definition) is 4. The monoisotopic (exact) mass is 539 g/mol. The van der Waals surface area contributed by atoms with Gasteiger partial charge in [-0.25, -0.2) is 9.97 Å². The van der Waals surface area contributed by atoms with Crippen LogP contribution in [0.3, 0.4) is 0 Å². The summed E-state index contributed by atoms with van der Waals surface area (Å²) >= 11 is 1.49. The van der Waals surface area contributed by atoms with Crippen molar-refractivity contribution in [3.05, 3.63) is 52.7 Å². The Morgan fingerprint density at radius 3 is 2.53 bits per heavy atom. The van der Waals surface area contributed by atoms with Crippen LogP contribution in [0.1, 0.15) is 55.4 Å². The van der Waals surface area contributed by atoms with Gasteiger partial charge in [0.1, 0.15) is 10.8 Å². The van der Waals surface area contributed by atoms with Crippen LogP contribution in [-0.4, -0.2) is 51.7 Å². The zero-order valence-corrected chi connectivity index (χ0v) is 23.6. The van der Waals surface area contributed by atoms with Crippen LogP contribution in [-0.2, 0) is 6.54 Å². The highest BCUT2D eigenvalue weighted by Crippen LogP contribution is 2.38. The van der Waals surface area contributed by atoms with Gasteiger partial charge >= 0.3 is 0 Å². The van der Waals surface area contributed by atoms with Crippen molar-refractivity contribution < 1.29 is 19.7 Å². The lowest BCUT2D eigenvalue weighted by molar-refractivity contribution is 0.0312. The summed E-state index contributed by atoms with van der Waals surface area (Å²) in [6.07, 6.45) is 2.88. The first kappa shape index (κ1) is 29.1. The molecule has 2 atom stereocenters. The first-order valence-electron chi connectivity index (χ1n) is 12.5. The van der Waals surface area contributed by atoms with E-state index in [2.05, 4.69) is 27.2 Å². The second-order valence-corrected chi connectivity index (χ2v) is 9.86. The van der Waals surface area contributed by atoms with Gasteiger partial charge in [0, 0.05) is 6.54 Å². The van der Waals surface area contributed by atoms with Gasteiger partial charge in [-0.1, -0.05) is 32.1 Å². The molecule has 9 nitrogen and oxygen atoms in total. The van der Waals surface area contributed by atoms with Crippen molar-refractivity contribution in [3.8, 4) is 22.1 Å². The van der Waals surface area contributed by atoms with Gasteiger partial charge in [0.05, 0.1) is 42.2 Å². The minimum atomic E-state index is -1.21. The van der Waals surface area contributed by atoms with Gasteiger partial charge in [0.2, 0.25) is 5.95 Å². The summed E-state index contributed by atoms with van der Waals surface area (Å²) in [6, 6.07) is 5.65. The molecule has 3 rings (SSSR count). The first-order chi connectivity index (χ1) is 18.2. The molecule has 0 bridgehead atoms. The van der Waals surface area contributed by atoms with E-state index in [1.165, 1.54) is 11.3 Å². The van der Waals surface area contributed by atoms with Gasteiger partial charge in [0.25, 0.3) is 0 Å². The molecule has 0 amide bonds. The number of thiazole rings is 1. The van der Waals surface area contributed by atoms with E-state index in [-0.39, 0.29) is 0 Å². The number of anilines is 2. The maximum atomic E-state index is 10.7. The minimum Gasteiger partial charge on any atom is -0.493 e. The lowest BCUT2D eigenvalue weighted by Crippen LogP contribution is -2.33. The van der Waals surface area contributed by atoms with Gasteiger partial charge in [-0.05, 0) is 56.5 Å². The normalized spacial score (nSPS) is 12.8. The molecule has 0 aliphatic rings. The molecule has 10 heteroatoms. The zero-order valence-electron chi connectivity index (χ0n) is 22.8. The second-order valence-electron chi connectivity index (χ2n) is 8.86. The van der Waals surface area contributed by atoms with E-state index >= 15 is 0 Å². The molecule has 4 N–H and O–H groups in total. The molecule has 2 unspecified atom stereocenters. The molecule has 3 aromatic rings. The van der Waals surface area contributed by atoms with Gasteiger partial charge in [-0.15, -0.1) is 11.3 Å². The van der Waals surface area contributed by atoms with Crippen LogP contribution in [0.15, 0.2) is 30.9 Å². The summed E-state index contributed by atoms with van der Waals surface area (Å²) in [5.41, 5.74) is 3.99. The number of methoxy groups -OCH3 is 2. The van der Waals surface area contributed by atoms with E-state index in [9.17, 15) is 10.2 Å². The highest BCUT2D eigenvalue weighted by molar-refractivity contribution is 7.16. The maximum Gasteiger partial charge on any atom is 0.225 e. The molecule has 1 aromatic carbocycles. The highest BCUT2D eigenvalue weighted by atomic mass is 32.1. The van der Waals surface area contributed by atoms with Crippen molar-refractivity contribution in [1.29, 1.82) is 0 Å². The van der Waals surface area contributed by atoms with Crippen LogP contribution in [0, 0.1) is 6.92 Å². The van der Waals surface area contributed by atoms with Crippen molar-refractivity contribution in [2.24, 2.45) is 0 Å². The Morgan fingerprint density at radius 2 is 1.89 bits per heavy atom. The molecule has 0 fully saturated rings. The lowest BCUT2D eigenvalue weighted by atomic mass is 10.1. The van der Waals surface area contributed by atoms with E-state index in [1.54, 1.807) is 14.2 Å². The van der Waals surface area contributed by atoms with Gasteiger partial charge in [-0.3, -0.25) is 0 Å². The SMILES string of the molecule is C=C(C)c1sc(-c2c(C)nc(NCc3ccc(OC)c(OC)c3)nc2NC(O)C(O)CCC)nc1C=CC. The molecule has 204 valence electrons. The third kappa shape index (κ3) is 6.89. The van der Waals surface area contributed by atoms with Crippen molar-refractivity contribution in [3.63, 3.8) is 0 Å². The van der Waals surface area contributed by atoms with Crippen molar-refractivity contribution in [2.45, 2.75) is 59.4 Å². The standard InChI is InChI=1S/C28H37N5O4S/c1-8-10-19-24(16(3)4)38-27(31-19)23-17(5)30-28(33-25(23)32-26(35)20(34)11-9-2)29-15-18-12-13-21(36-6)22(14-18)37-7/h8,10,12-14,20,26,34-35H,3,9,11,15H2,1-2,4-7H3,(H2,29,30,32,33). The molecular formula is C28H37N5O4S. The van der Waals surface area contributed by atoms with E-state index < -0.39 is 12.3 Å². The Hall–Kier alpha value is -3.47. The number of nitrogens with one attached hydrogen (secondary N) is 2. The fraction of sp³-hybridized carbons (Fsp3) is 0.393. The average Bonchev–Trinajstić information content (AvgIpc) is 3.31. The highest BCUT2D eigenvalue weighted by Gasteiger charge is 2.23. The number of aliphatic hydroxyl groups excluding tert-OH is 2. The largest absolute Gasteiger partial charge is 0.493 e. The Labute approximate surface area is 228 Å². The van der Waals surface area contributed by atoms with Gasteiger partial charge in [-0.2, -0.15) is 4.98 Å². The number of hydrogen-bond acceptors (Lipinski definition) is 10. The summed E-state index contributed by atoms with van der Waals surface area (Å²) in [6.45, 7) is 12.2. The van der Waals surface area contributed by atoms with Crippen LogP contribution in [0.5, 0.6) is 11.5 Å². The minimum absolute atomic E-state index is 0.367. The molecule has 0 saturated heterocycles. The molecule has 2 heterocycles. The van der Waals surface area contributed by atoms with Crippen LogP contribution >= 0.6 is 11.3 Å². The smallest absolute Gasteiger partial charge is 0.225 e. The van der Waals surface area contributed by atoms with Crippen LogP contribution < -0.4 is 20.1 Å². The van der Waals surface area contributed by atoms with E-state index in [0.29, 0.717) is 52.5 Å². The topological polar surface area (TPSA) is 122 Å². The fourth-order valence-corrected chi connectivity index (χ4v) is 4.97. The Morgan fingerprint density at radius 1 is 1.16 bits per heavy atom. The fourth-order valence-electron chi connectivity index (χ4n) is 3.89. The molecule has 0 radical (unpaired) electrons. The average molecular weight is 540 g/mol. The predicted octanol–water partition coefficient (Wildman–Crippen LogP) is 5.50. The molecule has 0 aliphatic carbocycles. The number of ether oxygens (including phenoxy) is 2. The van der Waals surface area contributed by atoms with Crippen molar-refractivity contribution >= 4 is 34.8 Å². The number of allylic oxidation sites excluding steroid dienone is 2. The van der Waals surface area contributed by atoms with Crippen molar-refractivity contribution in [2.75, 3.05) is 24.9 Å². The predicted molar refractivity (Wildman–Crippen MR) is 155 cm³/mol. The van der Waals surface area contributed by atoms with E-state index in [0.717, 1.165) is 28.1 Å². The Kier molecular flexibility index (Phi) is 10.2. The van der Waals surface area contributed by atoms with Crippen LogP contribution in [0.25, 0.3) is 22.2 Å². The van der Waals surface area contributed by atoms with Crippen LogP contribution in [0.2, 0.25) is 0 Å².